The van der Waals surface area contributed by atoms with Gasteiger partial charge in [0, 0.05) is 31.2 Å². The van der Waals surface area contributed by atoms with E-state index in [1.807, 2.05) is 11.0 Å². The van der Waals surface area contributed by atoms with Crippen LogP contribution < -0.4 is 4.90 Å². The van der Waals surface area contributed by atoms with E-state index in [9.17, 15) is 13.7 Å². The summed E-state index contributed by atoms with van der Waals surface area (Å²) in [6.45, 7) is 1.59. The molecule has 1 aliphatic heterocycles. The van der Waals surface area contributed by atoms with E-state index in [1.54, 1.807) is 18.2 Å². The van der Waals surface area contributed by atoms with Gasteiger partial charge in [-0.3, -0.25) is 0 Å². The van der Waals surface area contributed by atoms with Gasteiger partial charge in [-0.2, -0.15) is 14.8 Å². The maximum Gasteiger partial charge on any atom is 0.243 e. The van der Waals surface area contributed by atoms with Crippen LogP contribution in [0.2, 0.25) is 5.02 Å². The van der Waals surface area contributed by atoms with E-state index >= 15 is 0 Å². The number of anilines is 1. The summed E-state index contributed by atoms with van der Waals surface area (Å²) in [4.78, 5) is 2.16. The highest BCUT2D eigenvalue weighted by atomic mass is 35.5. The van der Waals surface area contributed by atoms with Crippen molar-refractivity contribution in [3.05, 3.63) is 58.6 Å². The Bertz CT molecular complexity index is 999. The molecule has 0 atom stereocenters. The molecule has 2 aromatic carbocycles. The molecular weight excluding hydrogens is 372 g/mol. The van der Waals surface area contributed by atoms with Crippen molar-refractivity contribution in [3.63, 3.8) is 0 Å². The number of piperazine rings is 1. The van der Waals surface area contributed by atoms with Crippen molar-refractivity contribution >= 4 is 27.3 Å². The summed E-state index contributed by atoms with van der Waals surface area (Å²) in [5, 5.41) is 18.6. The number of sulfonamides is 1. The summed E-state index contributed by atoms with van der Waals surface area (Å²) in [5.74, 6) is 0. The minimum atomic E-state index is -3.60. The number of rotatable bonds is 3. The second-order valence-corrected chi connectivity index (χ2v) is 8.17. The monoisotopic (exact) mass is 386 g/mol. The molecule has 1 heterocycles. The Morgan fingerprint density at radius 1 is 0.923 bits per heavy atom. The summed E-state index contributed by atoms with van der Waals surface area (Å²) in [6, 6.07) is 15.1. The van der Waals surface area contributed by atoms with Gasteiger partial charge in [-0.15, -0.1) is 0 Å². The summed E-state index contributed by atoms with van der Waals surface area (Å²) in [7, 11) is -3.60. The summed E-state index contributed by atoms with van der Waals surface area (Å²) in [5.41, 5.74) is 1.65. The number of hydrogen-bond donors (Lipinski definition) is 0. The molecule has 0 unspecified atom stereocenters. The molecule has 0 spiro atoms. The van der Waals surface area contributed by atoms with Gasteiger partial charge < -0.3 is 4.90 Å². The maximum absolute atomic E-state index is 12.8. The first-order chi connectivity index (χ1) is 12.5. The Balaban J connectivity index is 1.76. The summed E-state index contributed by atoms with van der Waals surface area (Å²) >= 11 is 5.93. The molecule has 8 heteroatoms. The van der Waals surface area contributed by atoms with Crippen LogP contribution in [-0.2, 0) is 10.0 Å². The first-order valence-corrected chi connectivity index (χ1v) is 9.72. The van der Waals surface area contributed by atoms with Crippen LogP contribution in [-0.4, -0.2) is 38.9 Å². The zero-order valence-electron chi connectivity index (χ0n) is 13.8. The molecule has 26 heavy (non-hydrogen) atoms. The number of benzene rings is 2. The van der Waals surface area contributed by atoms with Gasteiger partial charge in [0.05, 0.1) is 27.8 Å². The van der Waals surface area contributed by atoms with Crippen LogP contribution in [0.5, 0.6) is 0 Å². The van der Waals surface area contributed by atoms with Crippen molar-refractivity contribution in [1.82, 2.24) is 4.31 Å². The molecule has 132 valence electrons. The maximum atomic E-state index is 12.8. The summed E-state index contributed by atoms with van der Waals surface area (Å²) in [6.07, 6.45) is 0. The van der Waals surface area contributed by atoms with Crippen LogP contribution >= 0.6 is 11.6 Å². The third-order valence-corrected chi connectivity index (χ3v) is 6.43. The molecule has 0 radical (unpaired) electrons. The molecular formula is C18H15ClN4O2S. The predicted octanol–water partition coefficient (Wildman–Crippen LogP) is 2.59. The molecule has 0 aromatic heterocycles. The fourth-order valence-corrected chi connectivity index (χ4v) is 4.49. The van der Waals surface area contributed by atoms with E-state index in [-0.39, 0.29) is 4.90 Å². The Morgan fingerprint density at radius 3 is 2.15 bits per heavy atom. The molecule has 6 nitrogen and oxygen atoms in total. The molecule has 1 aliphatic rings. The smallest absolute Gasteiger partial charge is 0.243 e. The quantitative estimate of drug-likeness (QED) is 0.808. The van der Waals surface area contributed by atoms with Gasteiger partial charge in [0.15, 0.2) is 0 Å². The lowest BCUT2D eigenvalue weighted by atomic mass is 10.1. The van der Waals surface area contributed by atoms with Crippen LogP contribution in [0.1, 0.15) is 11.1 Å². The second kappa shape index (κ2) is 7.35. The lowest BCUT2D eigenvalue weighted by Gasteiger charge is -2.35. The number of nitrogens with zero attached hydrogens (tertiary/aromatic N) is 4. The van der Waals surface area contributed by atoms with E-state index in [4.69, 9.17) is 16.9 Å². The van der Waals surface area contributed by atoms with Gasteiger partial charge in [0.25, 0.3) is 0 Å². The average molecular weight is 387 g/mol. The van der Waals surface area contributed by atoms with Crippen LogP contribution in [0.4, 0.5) is 5.69 Å². The molecule has 3 rings (SSSR count). The normalized spacial score (nSPS) is 15.3. The highest BCUT2D eigenvalue weighted by Gasteiger charge is 2.29. The Labute approximate surface area is 157 Å². The van der Waals surface area contributed by atoms with Crippen molar-refractivity contribution in [2.45, 2.75) is 4.90 Å². The Kier molecular flexibility index (Phi) is 5.15. The Morgan fingerprint density at radius 2 is 1.58 bits per heavy atom. The summed E-state index contributed by atoms with van der Waals surface area (Å²) < 4.78 is 26.9. The van der Waals surface area contributed by atoms with Gasteiger partial charge in [-0.1, -0.05) is 11.6 Å². The third-order valence-electron chi connectivity index (χ3n) is 4.28. The van der Waals surface area contributed by atoms with Crippen molar-refractivity contribution < 1.29 is 8.42 Å². The molecule has 0 N–H and O–H groups in total. The average Bonchev–Trinajstić information content (AvgIpc) is 2.68. The van der Waals surface area contributed by atoms with Gasteiger partial charge in [0.1, 0.15) is 6.07 Å². The van der Waals surface area contributed by atoms with Crippen molar-refractivity contribution in [3.8, 4) is 12.1 Å². The van der Waals surface area contributed by atoms with Crippen LogP contribution in [0.15, 0.2) is 47.4 Å². The lowest BCUT2D eigenvalue weighted by molar-refractivity contribution is 0.385. The van der Waals surface area contributed by atoms with Gasteiger partial charge in [-0.05, 0) is 42.5 Å². The topological polar surface area (TPSA) is 88.2 Å². The minimum Gasteiger partial charge on any atom is -0.368 e. The molecule has 1 saturated heterocycles. The van der Waals surface area contributed by atoms with Gasteiger partial charge in [0.2, 0.25) is 10.0 Å². The predicted molar refractivity (Wildman–Crippen MR) is 98.3 cm³/mol. The van der Waals surface area contributed by atoms with E-state index in [0.717, 1.165) is 5.69 Å². The zero-order chi connectivity index (χ0) is 18.7. The SMILES string of the molecule is N#Cc1ccc(S(=O)(=O)N2CCN(c3ccc(Cl)cc3C#N)CC2)cc1. The number of halogens is 1. The molecule has 1 fully saturated rings. The van der Waals surface area contributed by atoms with Gasteiger partial charge in [-0.25, -0.2) is 8.42 Å². The largest absolute Gasteiger partial charge is 0.368 e. The van der Waals surface area contributed by atoms with Crippen molar-refractivity contribution in [2.75, 3.05) is 31.1 Å². The first-order valence-electron chi connectivity index (χ1n) is 7.90. The van der Waals surface area contributed by atoms with Crippen molar-refractivity contribution in [2.24, 2.45) is 0 Å². The Hall–Kier alpha value is -2.58. The molecule has 0 amide bonds. The van der Waals surface area contributed by atoms with Gasteiger partial charge >= 0.3 is 0 Å². The van der Waals surface area contributed by atoms with Crippen LogP contribution in [0.3, 0.4) is 0 Å². The first kappa shape index (κ1) is 18.2. The highest BCUT2D eigenvalue weighted by Crippen LogP contribution is 2.26. The fraction of sp³-hybridized carbons (Fsp3) is 0.222. The molecule has 0 aliphatic carbocycles. The van der Waals surface area contributed by atoms with E-state index < -0.39 is 10.0 Å². The molecule has 0 bridgehead atoms. The van der Waals surface area contributed by atoms with Crippen LogP contribution in [0, 0.1) is 22.7 Å². The number of nitriles is 2. The fourth-order valence-electron chi connectivity index (χ4n) is 2.89. The second-order valence-electron chi connectivity index (χ2n) is 5.80. The van der Waals surface area contributed by atoms with E-state index in [0.29, 0.717) is 42.3 Å². The minimum absolute atomic E-state index is 0.175. The van der Waals surface area contributed by atoms with Crippen molar-refractivity contribution in [1.29, 1.82) is 10.5 Å². The van der Waals surface area contributed by atoms with Crippen LogP contribution in [0.25, 0.3) is 0 Å². The third kappa shape index (κ3) is 3.51. The standard InChI is InChI=1S/C18H15ClN4O2S/c19-16-3-6-18(15(11-16)13-21)22-7-9-23(10-8-22)26(24,25)17-4-1-14(12-20)2-5-17/h1-6,11H,7-10H2. The molecule has 2 aromatic rings. The zero-order valence-corrected chi connectivity index (χ0v) is 15.3. The molecule has 0 saturated carbocycles. The van der Waals surface area contributed by atoms with E-state index in [1.165, 1.54) is 28.6 Å². The lowest BCUT2D eigenvalue weighted by Crippen LogP contribution is -2.48. The highest BCUT2D eigenvalue weighted by molar-refractivity contribution is 7.89. The number of hydrogen-bond acceptors (Lipinski definition) is 5. The van der Waals surface area contributed by atoms with E-state index in [2.05, 4.69) is 6.07 Å².